The van der Waals surface area contributed by atoms with E-state index in [0.717, 1.165) is 37.3 Å². The van der Waals surface area contributed by atoms with Crippen molar-refractivity contribution in [2.45, 2.75) is 25.8 Å². The van der Waals surface area contributed by atoms with Crippen molar-refractivity contribution in [1.29, 1.82) is 0 Å². The highest BCUT2D eigenvalue weighted by atomic mass is 16.5. The van der Waals surface area contributed by atoms with Gasteiger partial charge >= 0.3 is 0 Å². The molecule has 1 aliphatic heterocycles. The van der Waals surface area contributed by atoms with Crippen LogP contribution in [0.15, 0.2) is 24.3 Å². The van der Waals surface area contributed by atoms with Crippen LogP contribution >= 0.6 is 0 Å². The fraction of sp³-hybridized carbons (Fsp3) is 0.438. The van der Waals surface area contributed by atoms with Gasteiger partial charge in [-0.05, 0) is 43.0 Å². The number of benzene rings is 1. The minimum Gasteiger partial charge on any atom is -0.381 e. The first-order valence-electron chi connectivity index (χ1n) is 7.84. The topological polar surface area (TPSA) is 106 Å². The maximum Gasteiger partial charge on any atom is 0.224 e. The summed E-state index contributed by atoms with van der Waals surface area (Å²) in [5.41, 5.74) is 7.16. The minimum atomic E-state index is 0.0490. The smallest absolute Gasteiger partial charge is 0.224 e. The first-order valence-corrected chi connectivity index (χ1v) is 7.84. The van der Waals surface area contributed by atoms with Crippen LogP contribution in [0.1, 0.15) is 25.1 Å². The van der Waals surface area contributed by atoms with Crippen molar-refractivity contribution in [2.75, 3.05) is 18.5 Å². The third-order valence-electron chi connectivity index (χ3n) is 3.97. The van der Waals surface area contributed by atoms with Crippen LogP contribution in [-0.2, 0) is 16.1 Å². The second-order valence-electron chi connectivity index (χ2n) is 5.70. The van der Waals surface area contributed by atoms with Crippen LogP contribution in [-0.4, -0.2) is 34.3 Å². The molecule has 0 atom stereocenters. The van der Waals surface area contributed by atoms with E-state index in [1.807, 2.05) is 24.3 Å². The molecule has 1 aromatic carbocycles. The third-order valence-corrected chi connectivity index (χ3v) is 3.97. The summed E-state index contributed by atoms with van der Waals surface area (Å²) in [7, 11) is 0. The molecule has 0 spiro atoms. The molecule has 3 rings (SSSR count). The zero-order chi connectivity index (χ0) is 16.1. The third kappa shape index (κ3) is 4.14. The lowest BCUT2D eigenvalue weighted by atomic mass is 9.96. The van der Waals surface area contributed by atoms with Gasteiger partial charge in [0.1, 0.15) is 5.82 Å². The molecule has 0 radical (unpaired) electrons. The van der Waals surface area contributed by atoms with Crippen LogP contribution in [0.4, 0.5) is 5.69 Å². The molecule has 0 unspecified atom stereocenters. The highest BCUT2D eigenvalue weighted by Gasteiger charge is 2.17. The standard InChI is InChI=1S/C16H21N5O2/c17-10-14-19-16(21-20-14)12-1-3-13(4-2-12)18-15(22)9-11-5-7-23-8-6-11/h1-4,11H,5-10,17H2,(H,18,22)(H,19,20,21). The van der Waals surface area contributed by atoms with Gasteiger partial charge < -0.3 is 15.8 Å². The Balaban J connectivity index is 1.57. The Bertz CT molecular complexity index is 647. The number of nitrogens with zero attached hydrogens (tertiary/aromatic N) is 2. The largest absolute Gasteiger partial charge is 0.381 e. The number of ether oxygens (including phenoxy) is 1. The summed E-state index contributed by atoms with van der Waals surface area (Å²) in [6.07, 6.45) is 2.47. The van der Waals surface area contributed by atoms with Crippen LogP contribution in [0.25, 0.3) is 11.4 Å². The monoisotopic (exact) mass is 315 g/mol. The number of hydrogen-bond donors (Lipinski definition) is 3. The van der Waals surface area contributed by atoms with Crippen LogP contribution in [0.2, 0.25) is 0 Å². The average molecular weight is 315 g/mol. The molecule has 1 fully saturated rings. The lowest BCUT2D eigenvalue weighted by molar-refractivity contribution is -0.117. The number of carbonyl (C=O) groups is 1. The van der Waals surface area contributed by atoms with Gasteiger partial charge in [0, 0.05) is 30.9 Å². The zero-order valence-corrected chi connectivity index (χ0v) is 12.9. The Morgan fingerprint density at radius 3 is 2.70 bits per heavy atom. The molecule has 2 heterocycles. The molecule has 0 saturated carbocycles. The van der Waals surface area contributed by atoms with Gasteiger partial charge in [0.05, 0.1) is 6.54 Å². The number of nitrogens with two attached hydrogens (primary N) is 1. The van der Waals surface area contributed by atoms with E-state index in [1.165, 1.54) is 0 Å². The van der Waals surface area contributed by atoms with Gasteiger partial charge in [0.2, 0.25) is 5.91 Å². The summed E-state index contributed by atoms with van der Waals surface area (Å²) in [5, 5.41) is 9.83. The molecule has 23 heavy (non-hydrogen) atoms. The summed E-state index contributed by atoms with van der Waals surface area (Å²) >= 11 is 0. The van der Waals surface area contributed by atoms with Crippen molar-refractivity contribution >= 4 is 11.6 Å². The van der Waals surface area contributed by atoms with E-state index in [9.17, 15) is 4.79 Å². The van der Waals surface area contributed by atoms with E-state index in [-0.39, 0.29) is 5.91 Å². The minimum absolute atomic E-state index is 0.0490. The first-order chi connectivity index (χ1) is 11.2. The van der Waals surface area contributed by atoms with Crippen molar-refractivity contribution < 1.29 is 9.53 Å². The number of anilines is 1. The van der Waals surface area contributed by atoms with Crippen LogP contribution < -0.4 is 11.1 Å². The van der Waals surface area contributed by atoms with Crippen LogP contribution in [0.5, 0.6) is 0 Å². The number of rotatable bonds is 5. The number of hydrogen-bond acceptors (Lipinski definition) is 5. The molecule has 0 bridgehead atoms. The van der Waals surface area contributed by atoms with Crippen LogP contribution in [0.3, 0.4) is 0 Å². The lowest BCUT2D eigenvalue weighted by Crippen LogP contribution is -2.22. The second-order valence-corrected chi connectivity index (χ2v) is 5.70. The SMILES string of the molecule is NCc1nc(-c2ccc(NC(=O)CC3CCOCC3)cc2)n[nH]1. The van der Waals surface area contributed by atoms with Gasteiger partial charge in [-0.15, -0.1) is 0 Å². The molecule has 1 aliphatic rings. The molecular formula is C16H21N5O2. The normalized spacial score (nSPS) is 15.5. The second kappa shape index (κ2) is 7.34. The maximum absolute atomic E-state index is 12.1. The Labute approximate surface area is 134 Å². The van der Waals surface area contributed by atoms with Gasteiger partial charge in [0.25, 0.3) is 0 Å². The Morgan fingerprint density at radius 2 is 2.04 bits per heavy atom. The number of aromatic amines is 1. The summed E-state index contributed by atoms with van der Waals surface area (Å²) in [5.74, 6) is 1.72. The quantitative estimate of drug-likeness (QED) is 0.778. The van der Waals surface area contributed by atoms with Gasteiger partial charge in [-0.2, -0.15) is 5.10 Å². The lowest BCUT2D eigenvalue weighted by Gasteiger charge is -2.21. The van der Waals surface area contributed by atoms with E-state index >= 15 is 0 Å². The Hall–Kier alpha value is -2.25. The molecule has 2 aromatic rings. The first kappa shape index (κ1) is 15.6. The van der Waals surface area contributed by atoms with E-state index < -0.39 is 0 Å². The highest BCUT2D eigenvalue weighted by Crippen LogP contribution is 2.21. The van der Waals surface area contributed by atoms with E-state index in [1.54, 1.807) is 0 Å². The Morgan fingerprint density at radius 1 is 1.30 bits per heavy atom. The molecule has 1 saturated heterocycles. The molecule has 4 N–H and O–H groups in total. The van der Waals surface area contributed by atoms with Crippen LogP contribution in [0, 0.1) is 5.92 Å². The Kier molecular flexibility index (Phi) is 4.99. The van der Waals surface area contributed by atoms with Gasteiger partial charge in [-0.3, -0.25) is 9.89 Å². The molecule has 0 aliphatic carbocycles. The molecule has 1 amide bonds. The van der Waals surface area contributed by atoms with E-state index in [2.05, 4.69) is 20.5 Å². The van der Waals surface area contributed by atoms with Crippen molar-refractivity contribution in [3.63, 3.8) is 0 Å². The number of aromatic nitrogens is 3. The van der Waals surface area contributed by atoms with Gasteiger partial charge in [-0.1, -0.05) is 0 Å². The number of nitrogens with one attached hydrogen (secondary N) is 2. The van der Waals surface area contributed by atoms with Gasteiger partial charge in [0.15, 0.2) is 5.82 Å². The predicted molar refractivity (Wildman–Crippen MR) is 86.5 cm³/mol. The van der Waals surface area contributed by atoms with E-state index in [0.29, 0.717) is 30.5 Å². The van der Waals surface area contributed by atoms with Crippen molar-refractivity contribution in [3.05, 3.63) is 30.1 Å². The van der Waals surface area contributed by atoms with Crippen molar-refractivity contribution in [3.8, 4) is 11.4 Å². The summed E-state index contributed by atoms with van der Waals surface area (Å²) in [6, 6.07) is 7.48. The number of carbonyl (C=O) groups excluding carboxylic acids is 1. The summed E-state index contributed by atoms with van der Waals surface area (Å²) < 4.78 is 5.31. The summed E-state index contributed by atoms with van der Waals surface area (Å²) in [4.78, 5) is 16.4. The zero-order valence-electron chi connectivity index (χ0n) is 12.9. The molecule has 7 nitrogen and oxygen atoms in total. The highest BCUT2D eigenvalue weighted by molar-refractivity contribution is 5.91. The molecule has 122 valence electrons. The average Bonchev–Trinajstić information content (AvgIpc) is 3.05. The fourth-order valence-electron chi connectivity index (χ4n) is 2.64. The van der Waals surface area contributed by atoms with Crippen molar-refractivity contribution in [1.82, 2.24) is 15.2 Å². The predicted octanol–water partition coefficient (Wildman–Crippen LogP) is 1.69. The van der Waals surface area contributed by atoms with E-state index in [4.69, 9.17) is 10.5 Å². The number of amides is 1. The van der Waals surface area contributed by atoms with Crippen molar-refractivity contribution in [2.24, 2.45) is 11.7 Å². The molecule has 7 heteroatoms. The summed E-state index contributed by atoms with van der Waals surface area (Å²) in [6.45, 7) is 1.84. The molecular weight excluding hydrogens is 294 g/mol. The number of H-pyrrole nitrogens is 1. The fourth-order valence-corrected chi connectivity index (χ4v) is 2.64. The molecule has 1 aromatic heterocycles. The van der Waals surface area contributed by atoms with Gasteiger partial charge in [-0.25, -0.2) is 4.98 Å². The maximum atomic E-state index is 12.1.